The molecule has 0 radical (unpaired) electrons. The van der Waals surface area contributed by atoms with Crippen LogP contribution in [0.3, 0.4) is 0 Å². The Kier molecular flexibility index (Phi) is 6.34. The first kappa shape index (κ1) is 21.0. The number of carbonyl (C=O) groups excluding carboxylic acids is 1. The van der Waals surface area contributed by atoms with E-state index < -0.39 is 17.2 Å². The van der Waals surface area contributed by atoms with Crippen LogP contribution < -0.4 is 5.32 Å². The Hall–Kier alpha value is -2.71. The summed E-state index contributed by atoms with van der Waals surface area (Å²) in [6, 6.07) is 9.47. The topological polar surface area (TPSA) is 38.3 Å². The van der Waals surface area contributed by atoms with Gasteiger partial charge in [-0.25, -0.2) is 8.78 Å². The lowest BCUT2D eigenvalue weighted by Gasteiger charge is -2.26. The normalized spacial score (nSPS) is 15.8. The van der Waals surface area contributed by atoms with E-state index in [0.29, 0.717) is 5.56 Å². The van der Waals surface area contributed by atoms with E-state index >= 15 is 0 Å². The van der Waals surface area contributed by atoms with Gasteiger partial charge in [-0.3, -0.25) is 4.79 Å². The lowest BCUT2D eigenvalue weighted by molar-refractivity contribution is -0.153. The van der Waals surface area contributed by atoms with Gasteiger partial charge < -0.3 is 10.1 Å². The zero-order chi connectivity index (χ0) is 21.0. The number of rotatable bonds is 3. The van der Waals surface area contributed by atoms with Gasteiger partial charge in [-0.1, -0.05) is 17.9 Å². The second kappa shape index (κ2) is 8.75. The van der Waals surface area contributed by atoms with Crippen molar-refractivity contribution < 1.29 is 18.3 Å². The van der Waals surface area contributed by atoms with Crippen molar-refractivity contribution in [1.82, 2.24) is 5.32 Å². The van der Waals surface area contributed by atoms with Crippen LogP contribution in [-0.4, -0.2) is 24.2 Å². The Morgan fingerprint density at radius 1 is 1.07 bits per heavy atom. The molecule has 1 aliphatic rings. The molecule has 0 saturated carbocycles. The average Bonchev–Trinajstić information content (AvgIpc) is 2.62. The fraction of sp³-hybridized carbons (Fsp3) is 0.375. The van der Waals surface area contributed by atoms with Crippen LogP contribution in [-0.2, 0) is 22.4 Å². The van der Waals surface area contributed by atoms with E-state index in [2.05, 4.69) is 17.2 Å². The van der Waals surface area contributed by atoms with Crippen molar-refractivity contribution in [2.75, 3.05) is 6.54 Å². The van der Waals surface area contributed by atoms with E-state index in [1.807, 2.05) is 39.0 Å². The van der Waals surface area contributed by atoms with Crippen LogP contribution in [0.15, 0.2) is 36.4 Å². The van der Waals surface area contributed by atoms with Crippen molar-refractivity contribution in [3.8, 4) is 11.8 Å². The van der Waals surface area contributed by atoms with Gasteiger partial charge in [0.2, 0.25) is 0 Å². The Balaban J connectivity index is 1.61. The number of benzene rings is 2. The largest absolute Gasteiger partial charge is 0.459 e. The van der Waals surface area contributed by atoms with E-state index in [4.69, 9.17) is 4.74 Å². The summed E-state index contributed by atoms with van der Waals surface area (Å²) >= 11 is 0. The monoisotopic (exact) mass is 397 g/mol. The number of carbonyl (C=O) groups is 1. The molecule has 3 rings (SSSR count). The molecule has 1 atom stereocenters. The molecule has 2 aromatic rings. The summed E-state index contributed by atoms with van der Waals surface area (Å²) in [7, 11) is 0. The van der Waals surface area contributed by atoms with E-state index in [-0.39, 0.29) is 18.6 Å². The molecule has 0 fully saturated rings. The van der Waals surface area contributed by atoms with Crippen LogP contribution in [0.5, 0.6) is 0 Å². The average molecular weight is 397 g/mol. The minimum Gasteiger partial charge on any atom is -0.459 e. The summed E-state index contributed by atoms with van der Waals surface area (Å²) in [6.07, 6.45) is 2.63. The Morgan fingerprint density at radius 3 is 2.45 bits per heavy atom. The number of fused-ring (bicyclic) bond motifs is 1. The van der Waals surface area contributed by atoms with Gasteiger partial charge in [0, 0.05) is 23.2 Å². The predicted molar refractivity (Wildman–Crippen MR) is 108 cm³/mol. The van der Waals surface area contributed by atoms with Gasteiger partial charge in [0.1, 0.15) is 17.2 Å². The number of esters is 1. The van der Waals surface area contributed by atoms with E-state index in [1.54, 1.807) is 0 Å². The van der Waals surface area contributed by atoms with Gasteiger partial charge in [0.25, 0.3) is 0 Å². The Labute approximate surface area is 170 Å². The SMILES string of the molecule is CC(C)(C)OC(=O)CNC1CCc2cc(C#Cc3cc(F)cc(F)c3)ccc2C1. The van der Waals surface area contributed by atoms with Crippen LogP contribution in [0.25, 0.3) is 0 Å². The summed E-state index contributed by atoms with van der Waals surface area (Å²) in [4.78, 5) is 11.9. The zero-order valence-corrected chi connectivity index (χ0v) is 16.9. The molecule has 152 valence electrons. The molecule has 3 nitrogen and oxygen atoms in total. The number of nitrogens with one attached hydrogen (secondary N) is 1. The number of ether oxygens (including phenoxy) is 1. The van der Waals surface area contributed by atoms with Crippen LogP contribution in [0, 0.1) is 23.5 Å². The molecule has 29 heavy (non-hydrogen) atoms. The second-order valence-electron chi connectivity index (χ2n) is 8.30. The smallest absolute Gasteiger partial charge is 0.320 e. The summed E-state index contributed by atoms with van der Waals surface area (Å²) in [5.74, 6) is 4.28. The maximum absolute atomic E-state index is 13.3. The fourth-order valence-electron chi connectivity index (χ4n) is 3.38. The molecule has 0 saturated heterocycles. The number of aryl methyl sites for hydroxylation is 1. The number of hydrogen-bond donors (Lipinski definition) is 1. The molecular weight excluding hydrogens is 372 g/mol. The maximum Gasteiger partial charge on any atom is 0.320 e. The van der Waals surface area contributed by atoms with E-state index in [1.165, 1.54) is 23.3 Å². The lowest BCUT2D eigenvalue weighted by atomic mass is 9.87. The van der Waals surface area contributed by atoms with Crippen LogP contribution in [0.1, 0.15) is 49.4 Å². The molecule has 0 spiro atoms. The van der Waals surface area contributed by atoms with Crippen molar-refractivity contribution in [3.05, 3.63) is 70.3 Å². The van der Waals surface area contributed by atoms with Gasteiger partial charge in [0.05, 0.1) is 6.54 Å². The quantitative estimate of drug-likeness (QED) is 0.625. The molecule has 0 amide bonds. The highest BCUT2D eigenvalue weighted by molar-refractivity contribution is 5.72. The molecule has 0 bridgehead atoms. The predicted octanol–water partition coefficient (Wildman–Crippen LogP) is 4.15. The van der Waals surface area contributed by atoms with E-state index in [9.17, 15) is 13.6 Å². The molecular formula is C24H25F2NO2. The molecule has 2 aromatic carbocycles. The molecule has 1 unspecified atom stereocenters. The summed E-state index contributed by atoms with van der Waals surface area (Å²) in [5.41, 5.74) is 3.09. The first-order chi connectivity index (χ1) is 13.7. The van der Waals surface area contributed by atoms with Crippen LogP contribution in [0.2, 0.25) is 0 Å². The molecule has 1 aliphatic carbocycles. The van der Waals surface area contributed by atoms with Gasteiger partial charge in [-0.15, -0.1) is 0 Å². The molecule has 0 heterocycles. The third-order valence-electron chi connectivity index (χ3n) is 4.60. The lowest BCUT2D eigenvalue weighted by Crippen LogP contribution is -2.40. The Bertz CT molecular complexity index is 947. The standard InChI is InChI=1S/C24H25F2NO2/c1-24(2,3)29-23(28)15-27-22-9-8-18-10-16(6-7-19(18)13-22)4-5-17-11-20(25)14-21(26)12-17/h6-7,10-12,14,22,27H,8-9,13,15H2,1-3H3. The summed E-state index contributed by atoms with van der Waals surface area (Å²) in [5, 5.41) is 3.28. The highest BCUT2D eigenvalue weighted by atomic mass is 19.1. The fourth-order valence-corrected chi connectivity index (χ4v) is 3.38. The van der Waals surface area contributed by atoms with Gasteiger partial charge in [0.15, 0.2) is 0 Å². The van der Waals surface area contributed by atoms with Crippen LogP contribution in [0.4, 0.5) is 8.78 Å². The highest BCUT2D eigenvalue weighted by Crippen LogP contribution is 2.23. The zero-order valence-electron chi connectivity index (χ0n) is 16.9. The molecule has 1 N–H and O–H groups in total. The summed E-state index contributed by atoms with van der Waals surface area (Å²) in [6.45, 7) is 5.76. The second-order valence-corrected chi connectivity index (χ2v) is 8.30. The minimum absolute atomic E-state index is 0.199. The first-order valence-corrected chi connectivity index (χ1v) is 9.73. The molecule has 5 heteroatoms. The van der Waals surface area contributed by atoms with E-state index in [0.717, 1.165) is 30.9 Å². The van der Waals surface area contributed by atoms with Crippen molar-refractivity contribution in [2.45, 2.75) is 51.7 Å². The maximum atomic E-state index is 13.3. The van der Waals surface area contributed by atoms with Crippen molar-refractivity contribution in [3.63, 3.8) is 0 Å². The van der Waals surface area contributed by atoms with Crippen molar-refractivity contribution in [2.24, 2.45) is 0 Å². The minimum atomic E-state index is -0.635. The first-order valence-electron chi connectivity index (χ1n) is 9.73. The van der Waals surface area contributed by atoms with Crippen LogP contribution >= 0.6 is 0 Å². The van der Waals surface area contributed by atoms with Crippen molar-refractivity contribution >= 4 is 5.97 Å². The van der Waals surface area contributed by atoms with Crippen molar-refractivity contribution in [1.29, 1.82) is 0 Å². The van der Waals surface area contributed by atoms with Gasteiger partial charge >= 0.3 is 5.97 Å². The molecule has 0 aliphatic heterocycles. The molecule has 0 aromatic heterocycles. The van der Waals surface area contributed by atoms with Gasteiger partial charge in [-0.2, -0.15) is 0 Å². The summed E-state index contributed by atoms with van der Waals surface area (Å²) < 4.78 is 31.9. The Morgan fingerprint density at radius 2 is 1.76 bits per heavy atom. The van der Waals surface area contributed by atoms with Gasteiger partial charge in [-0.05, 0) is 75.4 Å². The third kappa shape index (κ3) is 6.40. The number of halogens is 2. The third-order valence-corrected chi connectivity index (χ3v) is 4.60. The highest BCUT2D eigenvalue weighted by Gasteiger charge is 2.21. The number of hydrogen-bond acceptors (Lipinski definition) is 3.